The third-order valence-corrected chi connectivity index (χ3v) is 8.71. The highest BCUT2D eigenvalue weighted by Crippen LogP contribution is 2.49. The van der Waals surface area contributed by atoms with Crippen molar-refractivity contribution in [3.05, 3.63) is 86.8 Å². The van der Waals surface area contributed by atoms with E-state index in [0.717, 1.165) is 22.9 Å². The molecule has 2 aromatic carbocycles. The maximum Gasteiger partial charge on any atom is 0.277 e. The summed E-state index contributed by atoms with van der Waals surface area (Å²) in [6.45, 7) is 0.904. The summed E-state index contributed by atoms with van der Waals surface area (Å²) in [5.74, 6) is -2.12. The summed E-state index contributed by atoms with van der Waals surface area (Å²) in [4.78, 5) is 28.3. The number of rotatable bonds is 0. The van der Waals surface area contributed by atoms with Crippen molar-refractivity contribution in [1.82, 2.24) is 9.58 Å². The van der Waals surface area contributed by atoms with Crippen LogP contribution in [-0.4, -0.2) is 40.4 Å². The summed E-state index contributed by atoms with van der Waals surface area (Å²) in [5, 5.41) is 12.5. The molecule has 1 saturated carbocycles. The molecule has 0 radical (unpaired) electrons. The van der Waals surface area contributed by atoms with E-state index in [1.807, 2.05) is 29.3 Å². The third kappa shape index (κ3) is 3.09. The molecule has 0 saturated heterocycles. The van der Waals surface area contributed by atoms with Gasteiger partial charge in [0.2, 0.25) is 5.43 Å². The van der Waals surface area contributed by atoms with E-state index in [-0.39, 0.29) is 41.3 Å². The second-order valence-electron chi connectivity index (χ2n) is 9.69. The molecule has 7 rings (SSSR count). The number of benzene rings is 2. The molecule has 36 heavy (non-hydrogen) atoms. The van der Waals surface area contributed by atoms with E-state index in [9.17, 15) is 19.1 Å². The summed E-state index contributed by atoms with van der Waals surface area (Å²) < 4.78 is 37.8. The van der Waals surface area contributed by atoms with Crippen LogP contribution in [-0.2, 0) is 5.75 Å². The van der Waals surface area contributed by atoms with Crippen molar-refractivity contribution >= 4 is 17.7 Å². The fourth-order valence-electron chi connectivity index (χ4n) is 5.63. The van der Waals surface area contributed by atoms with Crippen molar-refractivity contribution in [3.8, 4) is 11.5 Å². The first-order valence-corrected chi connectivity index (χ1v) is 12.8. The first-order chi connectivity index (χ1) is 17.4. The van der Waals surface area contributed by atoms with E-state index in [1.54, 1.807) is 4.90 Å². The highest BCUT2D eigenvalue weighted by molar-refractivity contribution is 7.98. The van der Waals surface area contributed by atoms with Crippen LogP contribution < -0.4 is 15.2 Å². The maximum atomic E-state index is 15.4. The van der Waals surface area contributed by atoms with Gasteiger partial charge in [0.15, 0.2) is 23.1 Å². The van der Waals surface area contributed by atoms with Gasteiger partial charge in [-0.3, -0.25) is 19.3 Å². The number of carbonyl (C=O) groups excluding carboxylic acids is 1. The van der Waals surface area contributed by atoms with Gasteiger partial charge in [0.05, 0.1) is 6.61 Å². The van der Waals surface area contributed by atoms with E-state index >= 15 is 4.39 Å². The topological polar surface area (TPSA) is 75.0 Å². The largest absolute Gasteiger partial charge is 0.502 e. The number of halogens is 2. The minimum Gasteiger partial charge on any atom is -0.502 e. The molecular weight excluding hydrogens is 488 g/mol. The molecule has 1 aromatic heterocycles. The van der Waals surface area contributed by atoms with Crippen LogP contribution in [0.5, 0.6) is 11.5 Å². The number of hydrogen-bond acceptors (Lipinski definition) is 6. The minimum atomic E-state index is -0.964. The van der Waals surface area contributed by atoms with Crippen molar-refractivity contribution in [3.63, 3.8) is 0 Å². The number of fused-ring (bicyclic) bond motifs is 8. The van der Waals surface area contributed by atoms with E-state index in [2.05, 4.69) is 0 Å². The van der Waals surface area contributed by atoms with Gasteiger partial charge in [-0.1, -0.05) is 18.2 Å². The van der Waals surface area contributed by atoms with Crippen molar-refractivity contribution in [2.45, 2.75) is 23.1 Å². The molecule has 0 spiro atoms. The van der Waals surface area contributed by atoms with Crippen molar-refractivity contribution in [2.24, 2.45) is 11.8 Å². The number of aromatic nitrogens is 1. The highest BCUT2D eigenvalue weighted by Gasteiger charge is 2.46. The lowest BCUT2D eigenvalue weighted by Crippen LogP contribution is -2.56. The summed E-state index contributed by atoms with van der Waals surface area (Å²) in [5.41, 5.74) is 0.743. The highest BCUT2D eigenvalue weighted by atomic mass is 32.2. The summed E-state index contributed by atoms with van der Waals surface area (Å²) in [6.07, 6.45) is 2.29. The molecule has 10 heteroatoms. The second kappa shape index (κ2) is 7.73. The summed E-state index contributed by atoms with van der Waals surface area (Å²) in [6, 6.07) is 9.25. The maximum absolute atomic E-state index is 15.4. The number of thioether (sulfide) groups is 1. The number of carbonyl (C=O) groups is 1. The lowest BCUT2D eigenvalue weighted by atomic mass is 9.92. The zero-order chi connectivity index (χ0) is 24.7. The molecule has 7 nitrogen and oxygen atoms in total. The molecule has 1 N–H and O–H groups in total. The Morgan fingerprint density at radius 2 is 1.94 bits per heavy atom. The van der Waals surface area contributed by atoms with Crippen LogP contribution in [0.4, 0.5) is 8.78 Å². The summed E-state index contributed by atoms with van der Waals surface area (Å²) >= 11 is 1.41. The number of nitrogens with zero attached hydrogens (tertiary/aromatic N) is 3. The van der Waals surface area contributed by atoms with Crippen LogP contribution in [0.25, 0.3) is 0 Å². The lowest BCUT2D eigenvalue weighted by molar-refractivity contribution is 0.0667. The average Bonchev–Trinajstić information content (AvgIpc) is 3.64. The van der Waals surface area contributed by atoms with Gasteiger partial charge < -0.3 is 14.7 Å². The second-order valence-corrected chi connectivity index (χ2v) is 10.7. The number of ether oxygens (including phenoxy) is 1. The first-order valence-electron chi connectivity index (χ1n) is 11.8. The molecule has 3 aliphatic heterocycles. The standard InChI is InChI=1S/C26H21F2N3O4S/c27-17-8-19-21-16(22(17)28)11-36-20-4-2-1-3-15(20)23(21)31-12-29(9-13-7-14(13)10-35-19)26(34)24-25(33)18(32)5-6-30(24)31/h1-6,8,13-14,23,33H,7,9-12H2. The Labute approximate surface area is 208 Å². The van der Waals surface area contributed by atoms with Crippen molar-refractivity contribution in [2.75, 3.05) is 24.8 Å². The Morgan fingerprint density at radius 1 is 1.11 bits per heavy atom. The van der Waals surface area contributed by atoms with Gasteiger partial charge in [0.25, 0.3) is 5.91 Å². The Kier molecular flexibility index (Phi) is 4.67. The zero-order valence-electron chi connectivity index (χ0n) is 19.0. The predicted octanol–water partition coefficient (Wildman–Crippen LogP) is 3.61. The Bertz CT molecular complexity index is 1510. The van der Waals surface area contributed by atoms with E-state index in [4.69, 9.17) is 4.74 Å². The molecule has 3 atom stereocenters. The van der Waals surface area contributed by atoms with Crippen molar-refractivity contribution in [1.29, 1.82) is 0 Å². The quantitative estimate of drug-likeness (QED) is 0.499. The third-order valence-electron chi connectivity index (χ3n) is 7.59. The van der Waals surface area contributed by atoms with Crippen LogP contribution in [0, 0.1) is 23.5 Å². The molecule has 1 fully saturated rings. The summed E-state index contributed by atoms with van der Waals surface area (Å²) in [7, 11) is 0. The monoisotopic (exact) mass is 509 g/mol. The molecule has 2 bridgehead atoms. The smallest absolute Gasteiger partial charge is 0.277 e. The van der Waals surface area contributed by atoms with Gasteiger partial charge >= 0.3 is 0 Å². The van der Waals surface area contributed by atoms with Gasteiger partial charge in [-0.25, -0.2) is 8.78 Å². The molecule has 3 aromatic rings. The number of amides is 1. The van der Waals surface area contributed by atoms with Crippen LogP contribution in [0.1, 0.15) is 39.6 Å². The molecular formula is C26H21F2N3O4S. The van der Waals surface area contributed by atoms with Crippen LogP contribution in [0.3, 0.4) is 0 Å². The van der Waals surface area contributed by atoms with Crippen LogP contribution in [0.15, 0.2) is 52.3 Å². The van der Waals surface area contributed by atoms with Crippen LogP contribution >= 0.6 is 11.8 Å². The Balaban J connectivity index is 1.56. The number of hydrogen-bond donors (Lipinski definition) is 1. The van der Waals surface area contributed by atoms with E-state index in [0.29, 0.717) is 18.7 Å². The Morgan fingerprint density at radius 3 is 2.81 bits per heavy atom. The van der Waals surface area contributed by atoms with Crippen LogP contribution in [0.2, 0.25) is 0 Å². The van der Waals surface area contributed by atoms with Gasteiger partial charge in [0.1, 0.15) is 18.5 Å². The molecule has 1 aliphatic carbocycles. The van der Waals surface area contributed by atoms with Gasteiger partial charge in [-0.15, -0.1) is 11.8 Å². The lowest BCUT2D eigenvalue weighted by Gasteiger charge is -2.44. The van der Waals surface area contributed by atoms with Gasteiger partial charge in [0, 0.05) is 46.6 Å². The fourth-order valence-corrected chi connectivity index (χ4v) is 6.74. The van der Waals surface area contributed by atoms with Gasteiger partial charge in [-0.2, -0.15) is 0 Å². The molecule has 1 amide bonds. The average molecular weight is 510 g/mol. The molecule has 4 aliphatic rings. The molecule has 3 unspecified atom stereocenters. The number of pyridine rings is 1. The Hall–Kier alpha value is -3.53. The minimum absolute atomic E-state index is 0.133. The van der Waals surface area contributed by atoms with E-state index < -0.39 is 34.8 Å². The SMILES string of the molecule is O=C1c2c(O)c(=O)ccn2N2CN1CC1CC1COc1cc(F)c(F)c3c1C2c1ccccc1SC3. The molecule has 4 heterocycles. The van der Waals surface area contributed by atoms with Gasteiger partial charge in [-0.05, 0) is 29.9 Å². The van der Waals surface area contributed by atoms with E-state index in [1.165, 1.54) is 28.7 Å². The molecule has 184 valence electrons. The zero-order valence-corrected chi connectivity index (χ0v) is 19.8. The first kappa shape index (κ1) is 21.7. The predicted molar refractivity (Wildman–Crippen MR) is 128 cm³/mol. The van der Waals surface area contributed by atoms with Crippen molar-refractivity contribution < 1.29 is 23.4 Å². The number of aromatic hydroxyl groups is 1. The fraction of sp³-hybridized carbons (Fsp3) is 0.308. The normalized spacial score (nSPS) is 23.8.